The number of hydrogen-bond acceptors (Lipinski definition) is 3. The van der Waals surface area contributed by atoms with Crippen molar-refractivity contribution in [2.45, 2.75) is 78.1 Å². The van der Waals surface area contributed by atoms with E-state index in [0.29, 0.717) is 6.42 Å². The summed E-state index contributed by atoms with van der Waals surface area (Å²) in [7, 11) is 0. The van der Waals surface area contributed by atoms with Gasteiger partial charge < -0.3 is 10.2 Å². The Kier molecular flexibility index (Phi) is 18.8. The van der Waals surface area contributed by atoms with Crippen LogP contribution in [-0.2, 0) is 9.59 Å². The van der Waals surface area contributed by atoms with E-state index in [2.05, 4.69) is 20.4 Å². The number of aliphatic carboxylic acids is 1. The molecular formula is C18H34O4. The number of unbranched alkanes of at least 4 members (excludes halogenated alkanes) is 6. The van der Waals surface area contributed by atoms with Crippen molar-refractivity contribution in [1.29, 1.82) is 0 Å². The van der Waals surface area contributed by atoms with Gasteiger partial charge in [-0.2, -0.15) is 0 Å². The molecule has 0 saturated heterocycles. The fourth-order valence-corrected chi connectivity index (χ4v) is 2.06. The van der Waals surface area contributed by atoms with Crippen LogP contribution in [0.3, 0.4) is 0 Å². The maximum atomic E-state index is 11.3. The second-order valence-corrected chi connectivity index (χ2v) is 5.53. The third-order valence-corrected chi connectivity index (χ3v) is 3.48. The standard InChI is InChI=1S/C14H26O4.C4H8/c1-2-3-4-5-6-7-8-9-12(10-14(17)18)13(16)11-15;1-3-4-2/h12,15H,2-11H2,1H3,(H,17,18);3H,1,4H2,2H3. The average molecular weight is 314 g/mol. The second-order valence-electron chi connectivity index (χ2n) is 5.53. The maximum Gasteiger partial charge on any atom is 0.304 e. The maximum absolute atomic E-state index is 11.3. The zero-order valence-corrected chi connectivity index (χ0v) is 14.4. The van der Waals surface area contributed by atoms with Gasteiger partial charge in [-0.05, 0) is 12.8 Å². The van der Waals surface area contributed by atoms with E-state index >= 15 is 0 Å². The third kappa shape index (κ3) is 16.9. The Morgan fingerprint density at radius 3 is 1.95 bits per heavy atom. The molecule has 0 aromatic carbocycles. The fourth-order valence-electron chi connectivity index (χ4n) is 2.06. The van der Waals surface area contributed by atoms with Crippen LogP contribution in [0, 0.1) is 5.92 Å². The van der Waals surface area contributed by atoms with Gasteiger partial charge in [0.1, 0.15) is 6.61 Å². The minimum atomic E-state index is -0.968. The van der Waals surface area contributed by atoms with E-state index in [4.69, 9.17) is 10.2 Å². The highest BCUT2D eigenvalue weighted by Crippen LogP contribution is 2.16. The highest BCUT2D eigenvalue weighted by atomic mass is 16.4. The lowest BCUT2D eigenvalue weighted by Crippen LogP contribution is -2.21. The Hall–Kier alpha value is -1.16. The van der Waals surface area contributed by atoms with Gasteiger partial charge in [0.05, 0.1) is 6.42 Å². The second kappa shape index (κ2) is 17.9. The van der Waals surface area contributed by atoms with Gasteiger partial charge >= 0.3 is 5.97 Å². The Labute approximate surface area is 135 Å². The number of Topliss-reactive ketones (excluding diaryl/α,β-unsaturated/α-hetero) is 1. The van der Waals surface area contributed by atoms with Crippen molar-refractivity contribution in [3.63, 3.8) is 0 Å². The van der Waals surface area contributed by atoms with Crippen molar-refractivity contribution in [3.8, 4) is 0 Å². The highest BCUT2D eigenvalue weighted by molar-refractivity contribution is 5.85. The minimum Gasteiger partial charge on any atom is -0.481 e. The van der Waals surface area contributed by atoms with Crippen molar-refractivity contribution in [2.24, 2.45) is 5.92 Å². The highest BCUT2D eigenvalue weighted by Gasteiger charge is 2.20. The molecule has 4 heteroatoms. The molecular weight excluding hydrogens is 280 g/mol. The van der Waals surface area contributed by atoms with Crippen LogP contribution in [0.25, 0.3) is 0 Å². The van der Waals surface area contributed by atoms with Crippen molar-refractivity contribution in [2.75, 3.05) is 6.61 Å². The lowest BCUT2D eigenvalue weighted by atomic mass is 9.93. The van der Waals surface area contributed by atoms with Crippen molar-refractivity contribution in [1.82, 2.24) is 0 Å². The molecule has 0 aliphatic heterocycles. The Balaban J connectivity index is 0. The molecule has 1 unspecified atom stereocenters. The summed E-state index contributed by atoms with van der Waals surface area (Å²) in [6.45, 7) is 7.17. The molecule has 0 rings (SSSR count). The molecule has 0 amide bonds. The van der Waals surface area contributed by atoms with Gasteiger partial charge in [-0.25, -0.2) is 0 Å². The fraction of sp³-hybridized carbons (Fsp3) is 0.778. The van der Waals surface area contributed by atoms with Crippen LogP contribution in [0.1, 0.15) is 78.1 Å². The summed E-state index contributed by atoms with van der Waals surface area (Å²) in [6, 6.07) is 0. The summed E-state index contributed by atoms with van der Waals surface area (Å²) in [5, 5.41) is 17.5. The average Bonchev–Trinajstić information content (AvgIpc) is 2.52. The van der Waals surface area contributed by atoms with Gasteiger partial charge in [0.2, 0.25) is 0 Å². The molecule has 0 heterocycles. The van der Waals surface area contributed by atoms with E-state index < -0.39 is 18.5 Å². The van der Waals surface area contributed by atoms with Gasteiger partial charge in [0, 0.05) is 5.92 Å². The summed E-state index contributed by atoms with van der Waals surface area (Å²) in [5.41, 5.74) is 0. The molecule has 130 valence electrons. The van der Waals surface area contributed by atoms with E-state index in [1.807, 2.05) is 6.08 Å². The van der Waals surface area contributed by atoms with E-state index in [0.717, 1.165) is 25.7 Å². The first-order valence-corrected chi connectivity index (χ1v) is 8.49. The molecule has 22 heavy (non-hydrogen) atoms. The molecule has 2 N–H and O–H groups in total. The molecule has 0 spiro atoms. The first-order chi connectivity index (χ1) is 10.5. The van der Waals surface area contributed by atoms with Gasteiger partial charge in [0.15, 0.2) is 5.78 Å². The lowest BCUT2D eigenvalue weighted by molar-refractivity contribution is -0.141. The predicted octanol–water partition coefficient (Wildman–Crippen LogP) is 4.36. The van der Waals surface area contributed by atoms with Crippen LogP contribution in [0.2, 0.25) is 0 Å². The number of aliphatic hydroxyl groups is 1. The molecule has 0 bridgehead atoms. The van der Waals surface area contributed by atoms with Crippen LogP contribution in [-0.4, -0.2) is 28.6 Å². The van der Waals surface area contributed by atoms with Crippen LogP contribution in [0.15, 0.2) is 12.7 Å². The molecule has 0 saturated carbocycles. The third-order valence-electron chi connectivity index (χ3n) is 3.48. The van der Waals surface area contributed by atoms with Crippen LogP contribution in [0.5, 0.6) is 0 Å². The van der Waals surface area contributed by atoms with E-state index in [1.54, 1.807) is 0 Å². The van der Waals surface area contributed by atoms with Crippen LogP contribution < -0.4 is 0 Å². The number of hydrogen-bond donors (Lipinski definition) is 2. The summed E-state index contributed by atoms with van der Waals surface area (Å²) < 4.78 is 0. The van der Waals surface area contributed by atoms with Gasteiger partial charge in [-0.3, -0.25) is 9.59 Å². The van der Waals surface area contributed by atoms with Crippen LogP contribution >= 0.6 is 0 Å². The Morgan fingerprint density at radius 2 is 1.55 bits per heavy atom. The van der Waals surface area contributed by atoms with E-state index in [-0.39, 0.29) is 12.2 Å². The quantitative estimate of drug-likeness (QED) is 0.391. The number of rotatable bonds is 13. The van der Waals surface area contributed by atoms with Crippen LogP contribution in [0.4, 0.5) is 0 Å². The zero-order valence-electron chi connectivity index (χ0n) is 14.4. The molecule has 0 aliphatic rings. The summed E-state index contributed by atoms with van der Waals surface area (Å²) in [4.78, 5) is 21.9. The normalized spacial score (nSPS) is 11.2. The number of carbonyl (C=O) groups is 2. The van der Waals surface area contributed by atoms with Gasteiger partial charge in [-0.15, -0.1) is 6.58 Å². The molecule has 0 aliphatic carbocycles. The van der Waals surface area contributed by atoms with Gasteiger partial charge in [0.25, 0.3) is 0 Å². The molecule has 0 aromatic rings. The molecule has 0 radical (unpaired) electrons. The number of ketones is 1. The molecule has 0 fully saturated rings. The molecule has 0 aromatic heterocycles. The lowest BCUT2D eigenvalue weighted by Gasteiger charge is -2.11. The first-order valence-electron chi connectivity index (χ1n) is 8.49. The number of carboxylic acids is 1. The largest absolute Gasteiger partial charge is 0.481 e. The SMILES string of the molecule is C=CCC.CCCCCCCCCC(CC(=O)O)C(=O)CO. The predicted molar refractivity (Wildman–Crippen MR) is 90.9 cm³/mol. The zero-order chi connectivity index (χ0) is 17.2. The molecule has 4 nitrogen and oxygen atoms in total. The Morgan fingerprint density at radius 1 is 1.05 bits per heavy atom. The first kappa shape index (κ1) is 23.1. The van der Waals surface area contributed by atoms with Gasteiger partial charge in [-0.1, -0.05) is 64.9 Å². The van der Waals surface area contributed by atoms with E-state index in [1.165, 1.54) is 25.7 Å². The van der Waals surface area contributed by atoms with Crippen molar-refractivity contribution >= 4 is 11.8 Å². The van der Waals surface area contributed by atoms with E-state index in [9.17, 15) is 9.59 Å². The summed E-state index contributed by atoms with van der Waals surface area (Å²) in [5.74, 6) is -1.82. The number of aliphatic hydroxyl groups excluding tert-OH is 1. The smallest absolute Gasteiger partial charge is 0.304 e. The summed E-state index contributed by atoms with van der Waals surface area (Å²) in [6.07, 6.45) is 11.4. The Bertz CT molecular complexity index is 287. The minimum absolute atomic E-state index is 0.158. The van der Waals surface area contributed by atoms with Crippen molar-refractivity contribution < 1.29 is 19.8 Å². The van der Waals surface area contributed by atoms with Crippen molar-refractivity contribution in [3.05, 3.63) is 12.7 Å². The topological polar surface area (TPSA) is 74.6 Å². The number of allylic oxidation sites excluding steroid dienone is 1. The monoisotopic (exact) mass is 314 g/mol. The number of carbonyl (C=O) groups excluding carboxylic acids is 1. The summed E-state index contributed by atoms with van der Waals surface area (Å²) >= 11 is 0. The molecule has 1 atom stereocenters. The number of carboxylic acid groups (broad SMARTS) is 1.